The monoisotopic (exact) mass is 2080 g/mol. The molecule has 0 bridgehead atoms. The lowest BCUT2D eigenvalue weighted by Crippen LogP contribution is -2.68. The second-order valence-electron chi connectivity index (χ2n) is 32.7. The van der Waals surface area contributed by atoms with Crippen molar-refractivity contribution < 1.29 is 276 Å². The molecule has 1 N–H and O–H groups in total. The zero-order valence-corrected chi connectivity index (χ0v) is 81.9. The fraction of sp³-hybridized carbons (Fsp3) is 0.744. The van der Waals surface area contributed by atoms with E-state index < -0.39 is 393 Å². The van der Waals surface area contributed by atoms with E-state index in [1.807, 2.05) is 0 Å². The van der Waals surface area contributed by atoms with Crippen molar-refractivity contribution in [3.8, 4) is 0 Å². The molecule has 0 aromatic heterocycles. The summed E-state index contributed by atoms with van der Waals surface area (Å²) in [6.07, 6.45) is -75.6. The van der Waals surface area contributed by atoms with E-state index in [9.17, 15) is 111 Å². The molecule has 58 nitrogen and oxygen atoms in total. The number of carbonyl (C=O) groups is 22. The molecule has 808 valence electrons. The van der Waals surface area contributed by atoms with Gasteiger partial charge in [0.05, 0.1) is 26.4 Å². The summed E-state index contributed by atoms with van der Waals surface area (Å²) in [4.78, 5) is 291. The third kappa shape index (κ3) is 35.3. The molecule has 144 heavy (non-hydrogen) atoms. The lowest BCUT2D eigenvalue weighted by molar-refractivity contribution is -0.376. The van der Waals surface area contributed by atoms with Gasteiger partial charge in [-0.1, -0.05) is 0 Å². The highest BCUT2D eigenvalue weighted by Crippen LogP contribution is 2.43. The van der Waals surface area contributed by atoms with Crippen molar-refractivity contribution in [3.63, 3.8) is 0 Å². The zero-order chi connectivity index (χ0) is 108. The van der Waals surface area contributed by atoms with Gasteiger partial charge in [-0.05, 0) is 0 Å². The maximum Gasteiger partial charge on any atom is 0.303 e. The third-order valence-electron chi connectivity index (χ3n) is 20.5. The lowest BCUT2D eigenvalue weighted by atomic mass is 9.95. The molecule has 0 radical (unpaired) electrons. The molecule has 7 aliphatic heterocycles. The predicted octanol–water partition coefficient (Wildman–Crippen LogP) is -3.72. The van der Waals surface area contributed by atoms with Gasteiger partial charge in [0.25, 0.3) is 0 Å². The van der Waals surface area contributed by atoms with Crippen LogP contribution in [0.1, 0.15) is 152 Å². The number of carbonyl (C=O) groups excluding carboxylic acids is 22. The Hall–Kier alpha value is -12.2. The van der Waals surface area contributed by atoms with Gasteiger partial charge >= 0.3 is 131 Å². The van der Waals surface area contributed by atoms with Gasteiger partial charge in [-0.15, -0.1) is 0 Å². The Morgan fingerprint density at radius 2 is 0.285 bits per heavy atom. The van der Waals surface area contributed by atoms with Crippen molar-refractivity contribution >= 4 is 131 Å². The highest BCUT2D eigenvalue weighted by molar-refractivity contribution is 5.74. The van der Waals surface area contributed by atoms with Crippen molar-refractivity contribution in [3.05, 3.63) is 0 Å². The minimum atomic E-state index is -2.48. The average Bonchev–Trinajstić information content (AvgIpc) is 0.760. The van der Waals surface area contributed by atoms with Crippen LogP contribution in [-0.4, -0.2) is 398 Å². The highest BCUT2D eigenvalue weighted by atomic mass is 16.8. The first kappa shape index (κ1) is 119. The van der Waals surface area contributed by atoms with E-state index in [2.05, 4.69) is 0 Å². The number of rotatable bonds is 41. The summed E-state index contributed by atoms with van der Waals surface area (Å²) in [6, 6.07) is 0. The SMILES string of the molecule is CC(=O)OC[C@@H]1O[C@H](OC[C@H]2O[C@H](OC[C@H]3O[C@@H](OC[C@H]4O[C@@H](OC[C@H]5O[C@@H](O)[C@H](OC(C)=O)[C@H](OC(C)=O)[C@H]5OC(C)=O)[C@H](OC(C)=O)[C@H](O[C@H]5O[C@@H](COC(C)=O)[C@H](OC(C)=O)[C@H](OC(C)=O)[C@H]5OC(C)=O)[C@H]4OC(C)=O)[C@H](OC(C)=O)[C@H](OC(C)=O)[C@H]3OC(C)=O)[C@@H](OC(C)=O)[C@@H](O[C@H]3O[C@@H](COC(C)=O)[C@H](OC(C)=O)[C@H](OC(C)=O)[C@H]3OC(C)=O)[C@H]2OC(C)=O)[C@H](OC(C)=O)[C@@H](OC(C)=O)[C@H]1OC(C)=O. The summed E-state index contributed by atoms with van der Waals surface area (Å²) >= 11 is 0. The van der Waals surface area contributed by atoms with Crippen LogP contribution in [0.5, 0.6) is 0 Å². The summed E-state index contributed by atoms with van der Waals surface area (Å²) in [7, 11) is 0. The molecular weight excluding hydrogens is 1960 g/mol. The van der Waals surface area contributed by atoms with Gasteiger partial charge in [0, 0.05) is 152 Å². The van der Waals surface area contributed by atoms with Gasteiger partial charge in [-0.25, -0.2) is 0 Å². The Morgan fingerprint density at radius 1 is 0.153 bits per heavy atom. The first-order valence-corrected chi connectivity index (χ1v) is 44.1. The van der Waals surface area contributed by atoms with Gasteiger partial charge in [0.1, 0.15) is 74.8 Å². The van der Waals surface area contributed by atoms with E-state index in [4.69, 9.17) is 166 Å². The summed E-state index contributed by atoms with van der Waals surface area (Å²) in [5.41, 5.74) is 0. The standard InChI is InChI=1S/C86H116O58/c1-30(87)110-23-53-60(118-34(5)91)67(125-41(12)98)74(130-46(17)103)81(137-53)114-28-58-65(123-39(10)96)72(144-86-79(135-51(22)108)70(128-44(15)101)62(120-36(7)93)55(142-86)25-112-32(3)89)77(133-49(20)106)84(140-58)116-27-56-63(121-37(8)94)68(126-42(13)99)75(131-47(18)104)82(138-56)115-29-57-64(122-38(9)95)71(143-85-78(134-50(21)107)69(127-43(14)100)61(119-35(6)92)54(141-85)24-111-31(2)88)76(132-48(19)105)83(139-57)113-26-52-59(117-33(4)90)66(124-40(11)97)73(80(109)136-52)129-45(16)102/h52-86,109H,23-29H2,1-22H3/t52-,53+,54+,55+,56-,57-,58-,59+,60+,61+,62+,63+,64+,65+,66-,67+,68-,69+,70+,71-,72+,73-,74-,75-,76-,77+,78-,79-,80-,81+,82-,83-,84+,85-,86-/m1/s1. The fourth-order valence-corrected chi connectivity index (χ4v) is 16.0. The van der Waals surface area contributed by atoms with Crippen LogP contribution < -0.4 is 0 Å². The molecule has 0 unspecified atom stereocenters. The largest absolute Gasteiger partial charge is 0.463 e. The maximum absolute atomic E-state index is 14.0. The van der Waals surface area contributed by atoms with E-state index in [1.165, 1.54) is 0 Å². The Kier molecular flexibility index (Phi) is 45.1. The molecule has 58 heteroatoms. The third-order valence-corrected chi connectivity index (χ3v) is 20.5. The summed E-state index contributed by atoms with van der Waals surface area (Å²) in [5, 5.41) is 11.5. The van der Waals surface area contributed by atoms with Crippen LogP contribution in [0.15, 0.2) is 0 Å². The van der Waals surface area contributed by atoms with E-state index in [0.717, 1.165) is 152 Å². The van der Waals surface area contributed by atoms with E-state index in [-0.39, 0.29) is 0 Å². The normalized spacial score (nSPS) is 33.3. The summed E-state index contributed by atoms with van der Waals surface area (Å²) < 4.78 is 208. The molecule has 0 saturated carbocycles. The smallest absolute Gasteiger partial charge is 0.303 e. The van der Waals surface area contributed by atoms with E-state index in [1.54, 1.807) is 0 Å². The molecule has 0 amide bonds. The van der Waals surface area contributed by atoms with Crippen LogP contribution in [-0.2, 0) is 271 Å². The van der Waals surface area contributed by atoms with Gasteiger partial charge in [-0.2, -0.15) is 0 Å². The van der Waals surface area contributed by atoms with Crippen molar-refractivity contribution in [1.29, 1.82) is 0 Å². The number of hydrogen-bond donors (Lipinski definition) is 1. The van der Waals surface area contributed by atoms with Crippen LogP contribution in [0.25, 0.3) is 0 Å². The molecule has 7 rings (SSSR count). The second kappa shape index (κ2) is 54.6. The van der Waals surface area contributed by atoms with E-state index in [0.29, 0.717) is 0 Å². The van der Waals surface area contributed by atoms with Gasteiger partial charge in [-0.3, -0.25) is 105 Å². The zero-order valence-electron chi connectivity index (χ0n) is 81.9. The van der Waals surface area contributed by atoms with Crippen molar-refractivity contribution in [2.24, 2.45) is 0 Å². The quantitative estimate of drug-likeness (QED) is 0.0454. The molecule has 0 aromatic carbocycles. The van der Waals surface area contributed by atoms with Crippen molar-refractivity contribution in [2.45, 2.75) is 367 Å². The highest BCUT2D eigenvalue weighted by Gasteiger charge is 2.64. The van der Waals surface area contributed by atoms with E-state index >= 15 is 0 Å². The summed E-state index contributed by atoms with van der Waals surface area (Å²) in [5.74, 6) is -25.8. The van der Waals surface area contributed by atoms with Crippen LogP contribution in [0.3, 0.4) is 0 Å². The second-order valence-corrected chi connectivity index (χ2v) is 32.7. The number of esters is 22. The van der Waals surface area contributed by atoms with Crippen LogP contribution in [0.4, 0.5) is 0 Å². The first-order valence-electron chi connectivity index (χ1n) is 44.1. The minimum Gasteiger partial charge on any atom is -0.463 e. The van der Waals surface area contributed by atoms with Crippen LogP contribution in [0, 0.1) is 0 Å². The predicted molar refractivity (Wildman–Crippen MR) is 442 cm³/mol. The fourth-order valence-electron chi connectivity index (χ4n) is 16.0. The molecule has 35 atom stereocenters. The Morgan fingerprint density at radius 3 is 0.472 bits per heavy atom. The molecule has 7 saturated heterocycles. The molecule has 0 spiro atoms. The van der Waals surface area contributed by atoms with Crippen molar-refractivity contribution in [2.75, 3.05) is 46.2 Å². The molecule has 7 aliphatic rings. The molecule has 0 aromatic rings. The molecule has 7 heterocycles. The molecule has 0 aliphatic carbocycles. The Balaban J connectivity index is 1.49. The van der Waals surface area contributed by atoms with Crippen LogP contribution in [0.2, 0.25) is 0 Å². The number of hydrogen-bond acceptors (Lipinski definition) is 58. The Bertz CT molecular complexity index is 4560. The molecular formula is C86H116O58. The lowest BCUT2D eigenvalue weighted by Gasteiger charge is -2.50. The summed E-state index contributed by atoms with van der Waals surface area (Å²) in [6.45, 7) is 11.2. The van der Waals surface area contributed by atoms with Gasteiger partial charge < -0.3 is 171 Å². The van der Waals surface area contributed by atoms with Gasteiger partial charge in [0.2, 0.25) is 0 Å². The van der Waals surface area contributed by atoms with Gasteiger partial charge in [0.15, 0.2) is 160 Å². The Labute approximate surface area is 818 Å². The number of aliphatic hydroxyl groups is 1. The number of aliphatic hydroxyl groups excluding tert-OH is 1. The first-order chi connectivity index (χ1) is 67.4. The number of ether oxygens (including phenoxy) is 35. The van der Waals surface area contributed by atoms with Crippen molar-refractivity contribution in [1.82, 2.24) is 0 Å². The maximum atomic E-state index is 14.0. The average molecular weight is 2080 g/mol. The molecule has 7 fully saturated rings. The minimum absolute atomic E-state index is 0.783. The topological polar surface area (TPSA) is 719 Å². The van der Waals surface area contributed by atoms with Crippen LogP contribution >= 0.6 is 0 Å².